The molecule has 3 N–H and O–H groups in total. The van der Waals surface area contributed by atoms with Crippen LogP contribution in [0.5, 0.6) is 0 Å². The number of aryl methyl sites for hydroxylation is 1. The third-order valence-electron chi connectivity index (χ3n) is 6.52. The molecule has 0 spiro atoms. The Labute approximate surface area is 222 Å². The van der Waals surface area contributed by atoms with E-state index < -0.39 is 5.82 Å². The van der Waals surface area contributed by atoms with Crippen molar-refractivity contribution in [3.05, 3.63) is 72.3 Å². The molecule has 0 fully saturated rings. The summed E-state index contributed by atoms with van der Waals surface area (Å²) in [5.74, 6) is -0.560. The first-order valence-electron chi connectivity index (χ1n) is 12.4. The first-order chi connectivity index (χ1) is 18.9. The number of imidazole rings is 1. The second kappa shape index (κ2) is 9.84. The van der Waals surface area contributed by atoms with Gasteiger partial charge in [0.1, 0.15) is 22.7 Å². The van der Waals surface area contributed by atoms with Crippen molar-refractivity contribution in [1.29, 1.82) is 0 Å². The van der Waals surface area contributed by atoms with Crippen molar-refractivity contribution >= 4 is 27.6 Å². The van der Waals surface area contributed by atoms with Gasteiger partial charge in [-0.05, 0) is 56.9 Å². The number of aromatic nitrogens is 7. The second-order valence-electron chi connectivity index (χ2n) is 9.57. The van der Waals surface area contributed by atoms with Gasteiger partial charge in [0.15, 0.2) is 11.6 Å². The lowest BCUT2D eigenvalue weighted by atomic mass is 10.1. The van der Waals surface area contributed by atoms with E-state index in [1.165, 1.54) is 12.1 Å². The van der Waals surface area contributed by atoms with Gasteiger partial charge in [0.2, 0.25) is 0 Å². The minimum atomic E-state index is -0.523. The van der Waals surface area contributed by atoms with Gasteiger partial charge in [-0.3, -0.25) is 20.1 Å². The lowest BCUT2D eigenvalue weighted by Crippen LogP contribution is -2.20. The van der Waals surface area contributed by atoms with E-state index in [2.05, 4.69) is 35.5 Å². The molecule has 5 aromatic heterocycles. The minimum Gasteiger partial charge on any atom is -0.384 e. The van der Waals surface area contributed by atoms with Gasteiger partial charge in [-0.2, -0.15) is 5.10 Å². The Morgan fingerprint density at radius 1 is 0.949 bits per heavy atom. The standard InChI is InChI=1S/C28H25F2N9/c1-15-4-6-31-13-19(15)25-23(30)22-21(14-34-25)37-38-27(22)28-35-20-5-7-33-24(26(20)36-28)16-10-17(29)12-18(11-16)32-8-9-39(2)3/h4-7,10-14,32H,8-9H2,1-3H3,(H,35,36)(H,37,38). The highest BCUT2D eigenvalue weighted by atomic mass is 19.1. The number of benzene rings is 1. The summed E-state index contributed by atoms with van der Waals surface area (Å²) in [6, 6.07) is 8.28. The molecule has 0 aliphatic heterocycles. The Morgan fingerprint density at radius 3 is 2.64 bits per heavy atom. The van der Waals surface area contributed by atoms with Crippen LogP contribution in [0.3, 0.4) is 0 Å². The number of nitrogens with zero attached hydrogens (tertiary/aromatic N) is 6. The van der Waals surface area contributed by atoms with Gasteiger partial charge in [0.25, 0.3) is 0 Å². The molecule has 5 heterocycles. The number of hydrogen-bond donors (Lipinski definition) is 3. The zero-order chi connectivity index (χ0) is 27.1. The number of nitrogens with one attached hydrogen (secondary N) is 3. The first kappa shape index (κ1) is 24.6. The van der Waals surface area contributed by atoms with Gasteiger partial charge in [0.05, 0.1) is 28.3 Å². The first-order valence-corrected chi connectivity index (χ1v) is 12.4. The molecule has 0 atom stereocenters. The van der Waals surface area contributed by atoms with Crippen molar-refractivity contribution in [2.24, 2.45) is 0 Å². The SMILES string of the molecule is Cc1ccncc1-c1ncc2[nH]nc(-c3nc4c(-c5cc(F)cc(NCCN(C)C)c5)nccc4[nH]3)c2c1F. The lowest BCUT2D eigenvalue weighted by molar-refractivity contribution is 0.425. The summed E-state index contributed by atoms with van der Waals surface area (Å²) in [5.41, 5.74) is 5.27. The zero-order valence-corrected chi connectivity index (χ0v) is 21.5. The van der Waals surface area contributed by atoms with Crippen LogP contribution in [0.2, 0.25) is 0 Å². The van der Waals surface area contributed by atoms with Gasteiger partial charge >= 0.3 is 0 Å². The maximum atomic E-state index is 15.9. The van der Waals surface area contributed by atoms with Gasteiger partial charge < -0.3 is 15.2 Å². The molecule has 0 aliphatic carbocycles. The van der Waals surface area contributed by atoms with Crippen molar-refractivity contribution in [3.63, 3.8) is 0 Å². The molecule has 0 aliphatic rings. The molecule has 6 aromatic rings. The molecule has 9 nitrogen and oxygen atoms in total. The van der Waals surface area contributed by atoms with Crippen LogP contribution < -0.4 is 5.32 Å². The molecule has 0 radical (unpaired) electrons. The number of halogens is 2. The molecule has 0 amide bonds. The van der Waals surface area contributed by atoms with Crippen LogP contribution in [-0.4, -0.2) is 67.2 Å². The molecule has 0 bridgehead atoms. The van der Waals surface area contributed by atoms with E-state index in [0.29, 0.717) is 57.1 Å². The van der Waals surface area contributed by atoms with Gasteiger partial charge in [-0.1, -0.05) is 0 Å². The monoisotopic (exact) mass is 525 g/mol. The third-order valence-corrected chi connectivity index (χ3v) is 6.52. The van der Waals surface area contributed by atoms with Crippen LogP contribution in [0.1, 0.15) is 5.56 Å². The number of fused-ring (bicyclic) bond motifs is 2. The van der Waals surface area contributed by atoms with E-state index in [-0.39, 0.29) is 16.9 Å². The van der Waals surface area contributed by atoms with Crippen molar-refractivity contribution < 1.29 is 8.78 Å². The number of anilines is 1. The Bertz CT molecular complexity index is 1820. The van der Waals surface area contributed by atoms with Crippen molar-refractivity contribution in [3.8, 4) is 34.0 Å². The number of H-pyrrole nitrogens is 2. The largest absolute Gasteiger partial charge is 0.384 e. The molecule has 6 rings (SSSR count). The highest BCUT2D eigenvalue weighted by molar-refractivity contribution is 5.97. The normalized spacial score (nSPS) is 11.6. The van der Waals surface area contributed by atoms with Crippen LogP contribution >= 0.6 is 0 Å². The summed E-state index contributed by atoms with van der Waals surface area (Å²) in [4.78, 5) is 22.9. The van der Waals surface area contributed by atoms with Crippen molar-refractivity contribution in [2.75, 3.05) is 32.5 Å². The molecule has 196 valence electrons. The van der Waals surface area contributed by atoms with Crippen LogP contribution in [0.4, 0.5) is 14.5 Å². The summed E-state index contributed by atoms with van der Waals surface area (Å²) in [6.45, 7) is 3.34. The Kier molecular flexibility index (Phi) is 6.20. The molecule has 1 aromatic carbocycles. The molecule has 0 unspecified atom stereocenters. The quantitative estimate of drug-likeness (QED) is 0.263. The van der Waals surface area contributed by atoms with Gasteiger partial charge in [-0.25, -0.2) is 13.8 Å². The molecule has 11 heteroatoms. The Hall–Kier alpha value is -4.77. The highest BCUT2D eigenvalue weighted by Crippen LogP contribution is 2.35. The average molecular weight is 526 g/mol. The molecule has 39 heavy (non-hydrogen) atoms. The fourth-order valence-corrected chi connectivity index (χ4v) is 4.56. The lowest BCUT2D eigenvalue weighted by Gasteiger charge is -2.12. The van der Waals surface area contributed by atoms with E-state index in [0.717, 1.165) is 12.1 Å². The highest BCUT2D eigenvalue weighted by Gasteiger charge is 2.22. The van der Waals surface area contributed by atoms with Crippen LogP contribution in [0, 0.1) is 18.6 Å². The number of aromatic amines is 2. The zero-order valence-electron chi connectivity index (χ0n) is 21.5. The summed E-state index contributed by atoms with van der Waals surface area (Å²) >= 11 is 0. The Morgan fingerprint density at radius 2 is 1.82 bits per heavy atom. The smallest absolute Gasteiger partial charge is 0.161 e. The Balaban J connectivity index is 1.44. The van der Waals surface area contributed by atoms with Crippen LogP contribution in [-0.2, 0) is 0 Å². The maximum absolute atomic E-state index is 15.9. The third kappa shape index (κ3) is 4.57. The number of likely N-dealkylation sites (N-methyl/N-ethyl adjacent to an activating group) is 1. The summed E-state index contributed by atoms with van der Waals surface area (Å²) in [6.07, 6.45) is 6.41. The van der Waals surface area contributed by atoms with E-state index in [4.69, 9.17) is 4.98 Å². The fourth-order valence-electron chi connectivity index (χ4n) is 4.56. The topological polar surface area (TPSA) is 111 Å². The molecule has 0 saturated carbocycles. The number of hydrogen-bond acceptors (Lipinski definition) is 7. The fraction of sp³-hybridized carbons (Fsp3) is 0.179. The van der Waals surface area contributed by atoms with E-state index >= 15 is 4.39 Å². The number of pyridine rings is 3. The molecule has 0 saturated heterocycles. The van der Waals surface area contributed by atoms with Gasteiger partial charge in [0, 0.05) is 48.5 Å². The maximum Gasteiger partial charge on any atom is 0.161 e. The number of rotatable bonds is 7. The minimum absolute atomic E-state index is 0.184. The van der Waals surface area contributed by atoms with Crippen molar-refractivity contribution in [2.45, 2.75) is 6.92 Å². The summed E-state index contributed by atoms with van der Waals surface area (Å²) in [7, 11) is 3.95. The molecular weight excluding hydrogens is 500 g/mol. The van der Waals surface area contributed by atoms with E-state index in [1.807, 2.05) is 32.0 Å². The van der Waals surface area contributed by atoms with Crippen LogP contribution in [0.15, 0.2) is 55.1 Å². The second-order valence-corrected chi connectivity index (χ2v) is 9.57. The molecular formula is C28H25F2N9. The predicted octanol–water partition coefficient (Wildman–Crippen LogP) is 5.19. The summed E-state index contributed by atoms with van der Waals surface area (Å²) < 4.78 is 30.5. The summed E-state index contributed by atoms with van der Waals surface area (Å²) in [5, 5.41) is 10.7. The van der Waals surface area contributed by atoms with Crippen molar-refractivity contribution in [1.82, 2.24) is 40.0 Å². The van der Waals surface area contributed by atoms with Crippen LogP contribution in [0.25, 0.3) is 56.0 Å². The predicted molar refractivity (Wildman–Crippen MR) is 147 cm³/mol. The average Bonchev–Trinajstić information content (AvgIpc) is 3.53. The van der Waals surface area contributed by atoms with E-state index in [1.54, 1.807) is 36.9 Å². The van der Waals surface area contributed by atoms with E-state index in [9.17, 15) is 4.39 Å². The van der Waals surface area contributed by atoms with Gasteiger partial charge in [-0.15, -0.1) is 0 Å².